The van der Waals surface area contributed by atoms with E-state index in [0.717, 1.165) is 42.8 Å². The van der Waals surface area contributed by atoms with E-state index in [1.807, 2.05) is 20.8 Å². The third kappa shape index (κ3) is 6.46. The van der Waals surface area contributed by atoms with E-state index >= 15 is 0 Å². The molecular weight excluding hydrogens is 362 g/mol. The maximum atomic E-state index is 12.0. The van der Waals surface area contributed by atoms with Gasteiger partial charge in [-0.05, 0) is 66.6 Å². The van der Waals surface area contributed by atoms with E-state index in [9.17, 15) is 4.79 Å². The Morgan fingerprint density at radius 1 is 1.41 bits per heavy atom. The first-order valence-electron chi connectivity index (χ1n) is 9.82. The van der Waals surface area contributed by atoms with Gasteiger partial charge in [-0.2, -0.15) is 0 Å². The Morgan fingerprint density at radius 2 is 2.11 bits per heavy atom. The van der Waals surface area contributed by atoms with Gasteiger partial charge in [-0.15, -0.1) is 11.3 Å². The van der Waals surface area contributed by atoms with Crippen molar-refractivity contribution in [3.8, 4) is 0 Å². The Hall–Kier alpha value is -1.67. The van der Waals surface area contributed by atoms with Gasteiger partial charge in [-0.1, -0.05) is 0 Å². The normalized spacial score (nSPS) is 17.6. The smallest absolute Gasteiger partial charge is 0.350 e. The van der Waals surface area contributed by atoms with Gasteiger partial charge in [0.25, 0.3) is 0 Å². The molecule has 7 nitrogen and oxygen atoms in total. The zero-order chi connectivity index (χ0) is 19.8. The highest BCUT2D eigenvalue weighted by Gasteiger charge is 2.20. The number of esters is 1. The fraction of sp³-hybridized carbons (Fsp3) is 0.737. The molecule has 2 rings (SSSR count). The Bertz CT molecular complexity index is 638. The second-order valence-corrected chi connectivity index (χ2v) is 8.05. The van der Waals surface area contributed by atoms with Crippen LogP contribution in [-0.4, -0.2) is 61.6 Å². The van der Waals surface area contributed by atoms with Crippen LogP contribution in [-0.2, 0) is 4.74 Å². The molecule has 1 aliphatic heterocycles. The molecule has 0 amide bonds. The van der Waals surface area contributed by atoms with Gasteiger partial charge >= 0.3 is 5.97 Å². The maximum Gasteiger partial charge on any atom is 0.350 e. The van der Waals surface area contributed by atoms with Crippen LogP contribution in [0.2, 0.25) is 0 Å². The molecule has 1 atom stereocenters. The zero-order valence-electron chi connectivity index (χ0n) is 17.2. The van der Waals surface area contributed by atoms with Gasteiger partial charge in [0.1, 0.15) is 9.88 Å². The van der Waals surface area contributed by atoms with Crippen molar-refractivity contribution < 1.29 is 9.53 Å². The van der Waals surface area contributed by atoms with Crippen molar-refractivity contribution in [3.05, 3.63) is 15.6 Å². The largest absolute Gasteiger partial charge is 0.462 e. The van der Waals surface area contributed by atoms with Crippen molar-refractivity contribution in [2.75, 3.05) is 39.8 Å². The first-order chi connectivity index (χ1) is 12.9. The zero-order valence-corrected chi connectivity index (χ0v) is 18.0. The summed E-state index contributed by atoms with van der Waals surface area (Å²) in [6.45, 7) is 12.1. The number of aromatic nitrogens is 1. The van der Waals surface area contributed by atoms with Crippen LogP contribution in [0.3, 0.4) is 0 Å². The number of thiazole rings is 1. The Labute approximate surface area is 166 Å². The number of nitrogens with one attached hydrogen (secondary N) is 2. The molecule has 0 bridgehead atoms. The third-order valence-electron chi connectivity index (χ3n) is 4.69. The summed E-state index contributed by atoms with van der Waals surface area (Å²) in [7, 11) is 2.17. The molecule has 1 unspecified atom stereocenters. The summed E-state index contributed by atoms with van der Waals surface area (Å²) < 4.78 is 5.11. The lowest BCUT2D eigenvalue weighted by molar-refractivity contribution is 0.0531. The lowest BCUT2D eigenvalue weighted by Gasteiger charge is -2.28. The minimum atomic E-state index is -0.297. The number of aryl methyl sites for hydroxylation is 1. The van der Waals surface area contributed by atoms with Crippen molar-refractivity contribution in [2.45, 2.75) is 46.6 Å². The number of piperidine rings is 1. The van der Waals surface area contributed by atoms with Crippen molar-refractivity contribution in [2.24, 2.45) is 10.9 Å². The molecule has 0 aliphatic carbocycles. The predicted molar refractivity (Wildman–Crippen MR) is 111 cm³/mol. The molecule has 0 radical (unpaired) electrons. The molecule has 2 N–H and O–H groups in total. The van der Waals surface area contributed by atoms with E-state index in [1.165, 1.54) is 24.2 Å². The summed E-state index contributed by atoms with van der Waals surface area (Å²) >= 11 is 1.39. The molecule has 1 fully saturated rings. The van der Waals surface area contributed by atoms with E-state index in [4.69, 9.17) is 9.73 Å². The summed E-state index contributed by atoms with van der Waals surface area (Å²) in [6, 6.07) is -0.0350. The minimum Gasteiger partial charge on any atom is -0.462 e. The molecule has 0 saturated carbocycles. The second-order valence-electron chi connectivity index (χ2n) is 7.02. The number of aliphatic imine (C=N–C) groups is 1. The number of ether oxygens (including phenoxy) is 1. The van der Waals surface area contributed by atoms with Crippen molar-refractivity contribution in [1.29, 1.82) is 0 Å². The number of carbonyl (C=O) groups is 1. The van der Waals surface area contributed by atoms with Crippen molar-refractivity contribution >= 4 is 23.3 Å². The Kier molecular flexibility index (Phi) is 8.50. The summed E-state index contributed by atoms with van der Waals surface area (Å²) in [5, 5.41) is 7.59. The molecule has 27 heavy (non-hydrogen) atoms. The molecule has 1 aromatic heterocycles. The molecule has 0 aromatic carbocycles. The molecule has 1 aliphatic rings. The highest BCUT2D eigenvalue weighted by atomic mass is 32.1. The number of likely N-dealkylation sites (tertiary alicyclic amines) is 1. The van der Waals surface area contributed by atoms with Gasteiger partial charge in [0.15, 0.2) is 5.96 Å². The minimum absolute atomic E-state index is 0.0350. The van der Waals surface area contributed by atoms with Gasteiger partial charge in [0, 0.05) is 13.1 Å². The summed E-state index contributed by atoms with van der Waals surface area (Å²) in [4.78, 5) is 24.3. The lowest BCUT2D eigenvalue weighted by Crippen LogP contribution is -2.39. The van der Waals surface area contributed by atoms with E-state index in [1.54, 1.807) is 0 Å². The van der Waals surface area contributed by atoms with Crippen LogP contribution in [0.25, 0.3) is 0 Å². The lowest BCUT2D eigenvalue weighted by atomic mass is 9.97. The molecule has 1 aromatic rings. The van der Waals surface area contributed by atoms with E-state index in [-0.39, 0.29) is 12.0 Å². The summed E-state index contributed by atoms with van der Waals surface area (Å²) in [5.74, 6) is 1.15. The van der Waals surface area contributed by atoms with E-state index < -0.39 is 0 Å². The average molecular weight is 396 g/mol. The van der Waals surface area contributed by atoms with Crippen LogP contribution >= 0.6 is 11.3 Å². The van der Waals surface area contributed by atoms with E-state index in [0.29, 0.717) is 17.4 Å². The van der Waals surface area contributed by atoms with Crippen LogP contribution in [0.15, 0.2) is 4.99 Å². The SMILES string of the molecule is CCNC(=NCC1CCN(C)CC1)NC(C)c1nc(C)c(C(=O)OCC)s1. The van der Waals surface area contributed by atoms with Gasteiger partial charge in [-0.3, -0.25) is 4.99 Å². The van der Waals surface area contributed by atoms with Gasteiger partial charge in [0.2, 0.25) is 0 Å². The number of nitrogens with zero attached hydrogens (tertiary/aromatic N) is 3. The first kappa shape index (κ1) is 21.6. The predicted octanol–water partition coefficient (Wildman–Crippen LogP) is 2.59. The van der Waals surface area contributed by atoms with Crippen LogP contribution in [0, 0.1) is 12.8 Å². The summed E-state index contributed by atoms with van der Waals surface area (Å²) in [5.41, 5.74) is 0.718. The highest BCUT2D eigenvalue weighted by Crippen LogP contribution is 2.24. The third-order valence-corrected chi connectivity index (χ3v) is 6.01. The van der Waals surface area contributed by atoms with Gasteiger partial charge in [0.05, 0.1) is 18.3 Å². The van der Waals surface area contributed by atoms with Crippen LogP contribution < -0.4 is 10.6 Å². The van der Waals surface area contributed by atoms with Crippen LogP contribution in [0.5, 0.6) is 0 Å². The number of carbonyl (C=O) groups excluding carboxylic acids is 1. The first-order valence-corrected chi connectivity index (χ1v) is 10.6. The molecule has 152 valence electrons. The number of guanidine groups is 1. The topological polar surface area (TPSA) is 78.9 Å². The molecule has 1 saturated heterocycles. The number of rotatable bonds is 7. The number of hydrogen-bond donors (Lipinski definition) is 2. The fourth-order valence-electron chi connectivity index (χ4n) is 3.04. The quantitative estimate of drug-likeness (QED) is 0.420. The summed E-state index contributed by atoms with van der Waals surface area (Å²) in [6.07, 6.45) is 2.40. The van der Waals surface area contributed by atoms with Crippen molar-refractivity contribution in [3.63, 3.8) is 0 Å². The monoisotopic (exact) mass is 395 g/mol. The van der Waals surface area contributed by atoms with Crippen LogP contribution in [0.4, 0.5) is 0 Å². The maximum absolute atomic E-state index is 12.0. The van der Waals surface area contributed by atoms with Crippen LogP contribution in [0.1, 0.15) is 60.0 Å². The molecular formula is C19H33N5O2S. The van der Waals surface area contributed by atoms with Gasteiger partial charge < -0.3 is 20.3 Å². The standard InChI is InChI=1S/C19H33N5O2S/c1-6-20-19(21-12-15-8-10-24(5)11-9-15)23-14(4)17-22-13(3)16(27-17)18(25)26-7-2/h14-15H,6-12H2,1-5H3,(H2,20,21,23). The van der Waals surface area contributed by atoms with Crippen molar-refractivity contribution in [1.82, 2.24) is 20.5 Å². The Morgan fingerprint density at radius 3 is 2.74 bits per heavy atom. The fourth-order valence-corrected chi connectivity index (χ4v) is 4.00. The highest BCUT2D eigenvalue weighted by molar-refractivity contribution is 7.13. The average Bonchev–Trinajstić information content (AvgIpc) is 3.03. The number of hydrogen-bond acceptors (Lipinski definition) is 6. The van der Waals surface area contributed by atoms with E-state index in [2.05, 4.69) is 34.5 Å². The Balaban J connectivity index is 1.99. The van der Waals surface area contributed by atoms with Gasteiger partial charge in [-0.25, -0.2) is 9.78 Å². The second kappa shape index (κ2) is 10.6. The molecule has 2 heterocycles. The molecule has 8 heteroatoms. The molecule has 0 spiro atoms.